The van der Waals surface area contributed by atoms with Gasteiger partial charge in [0.2, 0.25) is 5.91 Å². The van der Waals surface area contributed by atoms with Crippen LogP contribution in [0.1, 0.15) is 80.7 Å². The Kier molecular flexibility index (Phi) is 19.4. The summed E-state index contributed by atoms with van der Waals surface area (Å²) in [6, 6.07) is 2.12. The molecule has 3 heterocycles. The van der Waals surface area contributed by atoms with Gasteiger partial charge in [0.25, 0.3) is 0 Å². The van der Waals surface area contributed by atoms with Gasteiger partial charge in [0, 0.05) is 100 Å². The minimum atomic E-state index is -1.34. The highest BCUT2D eigenvalue weighted by molar-refractivity contribution is 6.20. The Morgan fingerprint density at radius 3 is 2.13 bits per heavy atom. The van der Waals surface area contributed by atoms with Gasteiger partial charge >= 0.3 is 23.9 Å². The molecule has 1 saturated heterocycles. The molecule has 0 bridgehead atoms. The van der Waals surface area contributed by atoms with Crippen LogP contribution in [-0.2, 0) is 57.1 Å². The second-order valence-electron chi connectivity index (χ2n) is 15.0. The molecule has 1 amide bonds. The maximum atomic E-state index is 13.1. The van der Waals surface area contributed by atoms with E-state index in [0.717, 1.165) is 71.0 Å². The van der Waals surface area contributed by atoms with Gasteiger partial charge < -0.3 is 48.8 Å². The summed E-state index contributed by atoms with van der Waals surface area (Å²) < 4.78 is 38.8. The maximum absolute atomic E-state index is 13.1. The number of amides is 1. The number of H-pyrrole nitrogens is 1. The molecule has 1 fully saturated rings. The number of likely N-dealkylation sites (N-methyl/N-ethyl adjacent to an activating group) is 1. The molecule has 332 valence electrons. The number of hydrogen-bond acceptors (Lipinski definition) is 15. The van der Waals surface area contributed by atoms with Crippen molar-refractivity contribution in [2.24, 2.45) is 21.8 Å². The minimum Gasteiger partial charge on any atom is -0.463 e. The first-order valence-electron chi connectivity index (χ1n) is 20.1. The monoisotopic (exact) mass is 841 g/mol. The van der Waals surface area contributed by atoms with E-state index in [4.69, 9.17) is 38.2 Å². The third-order valence-electron chi connectivity index (χ3n) is 10.0. The van der Waals surface area contributed by atoms with Crippen LogP contribution in [0.4, 0.5) is 0 Å². The minimum absolute atomic E-state index is 0.00294. The zero-order valence-corrected chi connectivity index (χ0v) is 37.0. The van der Waals surface area contributed by atoms with E-state index in [2.05, 4.69) is 53.5 Å². The molecule has 0 unspecified atom stereocenters. The number of rotatable bonds is 19. The molecule has 0 aliphatic carbocycles. The van der Waals surface area contributed by atoms with Crippen LogP contribution in [0.3, 0.4) is 0 Å². The largest absolute Gasteiger partial charge is 0.463 e. The first kappa shape index (κ1) is 49.2. The Morgan fingerprint density at radius 2 is 1.53 bits per heavy atom. The van der Waals surface area contributed by atoms with Gasteiger partial charge in [-0.05, 0) is 70.4 Å². The number of aryl methyl sites for hydroxylation is 1. The van der Waals surface area contributed by atoms with Gasteiger partial charge in [-0.2, -0.15) is 0 Å². The number of esters is 4. The number of aromatic nitrogens is 1. The average molecular weight is 842 g/mol. The van der Waals surface area contributed by atoms with Gasteiger partial charge in [0.05, 0.1) is 19.8 Å². The van der Waals surface area contributed by atoms with Crippen LogP contribution in [0.5, 0.6) is 0 Å². The SMILES string of the molecule is CN=C(C)/C=c1\[nH]/c(=C(/C)C2=N/C(=C\C(NC)=C(C)C)[C@@H](C)[C@@H]2CCC(=O)NCCOCCO[C@@H]2O[C@H](COC(C)=O)[C@@H](OC(C)=O)[C@H](OC(C)=O)[C@H]2OC(C)=O)cc1C. The number of ether oxygens (including phenoxy) is 7. The standard InChI is InChI=1S/C43H63N5O12/c1-23(2)33(45-12)21-36-26(5)32(39(48-36)27(6)35-19-24(3)34(47-35)20-25(4)44-11)13-14-38(53)46-15-16-54-17-18-55-43-42(59-31(10)52)41(58-30(9)51)40(57-29(8)50)37(60-43)22-56-28(7)49/h19-21,26,32,37,40-43,45,47H,13-18,22H2,1-12H3,(H,46,53)/b34-20-,35-27-,36-21-,44-25?/t26-,32-,37+,40+,41-,42+,43+/m0/s1. The smallest absolute Gasteiger partial charge is 0.303 e. The van der Waals surface area contributed by atoms with Gasteiger partial charge in [0.1, 0.15) is 12.7 Å². The third-order valence-corrected chi connectivity index (χ3v) is 10.0. The van der Waals surface area contributed by atoms with Crippen LogP contribution in [0.15, 0.2) is 39.1 Å². The lowest BCUT2D eigenvalue weighted by molar-refractivity contribution is -0.309. The average Bonchev–Trinajstić information content (AvgIpc) is 3.69. The molecule has 60 heavy (non-hydrogen) atoms. The number of carbonyl (C=O) groups is 5. The van der Waals surface area contributed by atoms with Crippen LogP contribution < -0.4 is 21.3 Å². The van der Waals surface area contributed by atoms with E-state index in [0.29, 0.717) is 6.42 Å². The zero-order valence-electron chi connectivity index (χ0n) is 37.0. The zero-order chi connectivity index (χ0) is 44.7. The summed E-state index contributed by atoms with van der Waals surface area (Å²) in [7, 11) is 3.66. The lowest BCUT2D eigenvalue weighted by atomic mass is 9.84. The van der Waals surface area contributed by atoms with Crippen molar-refractivity contribution in [3.8, 4) is 0 Å². The van der Waals surface area contributed by atoms with Crippen molar-refractivity contribution in [2.75, 3.05) is 47.1 Å². The predicted octanol–water partition coefficient (Wildman–Crippen LogP) is 2.48. The van der Waals surface area contributed by atoms with E-state index in [1.54, 1.807) is 7.05 Å². The molecule has 0 radical (unpaired) electrons. The molecule has 2 aliphatic rings. The lowest BCUT2D eigenvalue weighted by Crippen LogP contribution is -2.63. The molecule has 7 atom stereocenters. The predicted molar refractivity (Wildman–Crippen MR) is 224 cm³/mol. The Hall–Kier alpha value is -5.13. The number of carbonyl (C=O) groups excluding carboxylic acids is 5. The second-order valence-corrected chi connectivity index (χ2v) is 15.0. The van der Waals surface area contributed by atoms with Crippen molar-refractivity contribution >= 4 is 52.9 Å². The van der Waals surface area contributed by atoms with Gasteiger partial charge in [-0.15, -0.1) is 0 Å². The van der Waals surface area contributed by atoms with E-state index < -0.39 is 54.6 Å². The molecule has 1 aromatic heterocycles. The van der Waals surface area contributed by atoms with Crippen molar-refractivity contribution in [3.63, 3.8) is 0 Å². The van der Waals surface area contributed by atoms with Gasteiger partial charge in [-0.1, -0.05) is 12.5 Å². The van der Waals surface area contributed by atoms with Crippen LogP contribution in [0.2, 0.25) is 0 Å². The quantitative estimate of drug-likeness (QED) is 0.0792. The number of aliphatic imine (C=N–C) groups is 2. The summed E-state index contributed by atoms with van der Waals surface area (Å²) in [5.41, 5.74) is 7.06. The number of nitrogens with zero attached hydrogens (tertiary/aromatic N) is 2. The van der Waals surface area contributed by atoms with Gasteiger partial charge in [-0.25, -0.2) is 0 Å². The third kappa shape index (κ3) is 14.6. The summed E-state index contributed by atoms with van der Waals surface area (Å²) in [6.45, 7) is 17.0. The van der Waals surface area contributed by atoms with Crippen LogP contribution in [0.25, 0.3) is 11.6 Å². The fourth-order valence-corrected chi connectivity index (χ4v) is 6.92. The molecule has 3 N–H and O–H groups in total. The second kappa shape index (κ2) is 23.6. The van der Waals surface area contributed by atoms with E-state index in [1.165, 1.54) is 6.92 Å². The summed E-state index contributed by atoms with van der Waals surface area (Å²) in [4.78, 5) is 73.8. The highest BCUT2D eigenvalue weighted by Gasteiger charge is 2.52. The van der Waals surface area contributed by atoms with E-state index in [9.17, 15) is 24.0 Å². The molecule has 0 spiro atoms. The Bertz CT molecular complexity index is 1960. The summed E-state index contributed by atoms with van der Waals surface area (Å²) in [6.07, 6.45) is -1.45. The number of allylic oxidation sites excluding steroid dienone is 3. The molecule has 17 nitrogen and oxygen atoms in total. The first-order chi connectivity index (χ1) is 28.4. The normalized spacial score (nSPS) is 24.3. The van der Waals surface area contributed by atoms with Crippen molar-refractivity contribution in [3.05, 3.63) is 45.4 Å². The van der Waals surface area contributed by atoms with Crippen molar-refractivity contribution in [1.82, 2.24) is 15.6 Å². The van der Waals surface area contributed by atoms with Gasteiger partial charge in [-0.3, -0.25) is 34.0 Å². The number of hydrogen-bond donors (Lipinski definition) is 3. The molecular weight excluding hydrogens is 778 g/mol. The summed E-state index contributed by atoms with van der Waals surface area (Å²) in [5, 5.41) is 8.15. The Balaban J connectivity index is 1.64. The molecule has 3 rings (SSSR count). The number of nitrogens with one attached hydrogen (secondary N) is 3. The van der Waals surface area contributed by atoms with E-state index in [-0.39, 0.29) is 57.1 Å². The highest BCUT2D eigenvalue weighted by Crippen LogP contribution is 2.37. The molecule has 0 saturated carbocycles. The highest BCUT2D eigenvalue weighted by atomic mass is 16.7. The van der Waals surface area contributed by atoms with Crippen LogP contribution >= 0.6 is 0 Å². The van der Waals surface area contributed by atoms with Crippen molar-refractivity contribution in [1.29, 1.82) is 0 Å². The molecule has 2 aliphatic heterocycles. The fraction of sp³-hybridized carbons (Fsp3) is 0.605. The van der Waals surface area contributed by atoms with Crippen molar-refractivity contribution < 1.29 is 57.1 Å². The van der Waals surface area contributed by atoms with Crippen molar-refractivity contribution in [2.45, 2.75) is 113 Å². The fourth-order valence-electron chi connectivity index (χ4n) is 6.92. The van der Waals surface area contributed by atoms with Crippen LogP contribution in [-0.4, -0.2) is 124 Å². The maximum Gasteiger partial charge on any atom is 0.303 e. The molecule has 0 aromatic carbocycles. The lowest BCUT2D eigenvalue weighted by Gasteiger charge is -2.44. The molecular formula is C43H63N5O12. The molecule has 1 aromatic rings. The molecule has 17 heteroatoms. The Morgan fingerprint density at radius 1 is 0.883 bits per heavy atom. The topological polar surface area (TPSA) is 215 Å². The Labute approximate surface area is 352 Å². The van der Waals surface area contributed by atoms with E-state index in [1.807, 2.05) is 33.9 Å². The van der Waals surface area contributed by atoms with Crippen LogP contribution in [0, 0.1) is 18.8 Å². The summed E-state index contributed by atoms with van der Waals surface area (Å²) >= 11 is 0. The summed E-state index contributed by atoms with van der Waals surface area (Å²) in [5.74, 6) is -2.91. The number of aromatic amines is 1. The van der Waals surface area contributed by atoms with E-state index >= 15 is 0 Å². The first-order valence-corrected chi connectivity index (χ1v) is 20.1. The van der Waals surface area contributed by atoms with Gasteiger partial charge in [0.15, 0.2) is 24.6 Å².